The number of carboxylic acid groups (broad SMARTS) is 1. The molecule has 1 heterocycles. The first-order valence-electron chi connectivity index (χ1n) is 8.50. The van der Waals surface area contributed by atoms with Crippen LogP contribution in [0.25, 0.3) is 0 Å². The first kappa shape index (κ1) is 17.5. The molecule has 0 radical (unpaired) electrons. The molecule has 1 aliphatic heterocycles. The number of piperidine rings is 1. The highest BCUT2D eigenvalue weighted by Crippen LogP contribution is 2.44. The molecule has 1 amide bonds. The van der Waals surface area contributed by atoms with E-state index in [0.29, 0.717) is 37.9 Å². The molecule has 1 fully saturated rings. The Morgan fingerprint density at radius 3 is 2.40 bits per heavy atom. The Balaban J connectivity index is 1.73. The Morgan fingerprint density at radius 1 is 1.20 bits per heavy atom. The topological polar surface area (TPSA) is 83.9 Å². The summed E-state index contributed by atoms with van der Waals surface area (Å²) in [5, 5.41) is 9.12. The number of rotatable bonds is 1. The Kier molecular flexibility index (Phi) is 4.09. The Bertz CT molecular complexity index is 739. The zero-order valence-electron chi connectivity index (χ0n) is 14.8. The molecular formula is C19H23NO5. The van der Waals surface area contributed by atoms with Gasteiger partial charge >= 0.3 is 12.1 Å². The van der Waals surface area contributed by atoms with E-state index in [4.69, 9.17) is 9.84 Å². The van der Waals surface area contributed by atoms with Crippen molar-refractivity contribution in [2.75, 3.05) is 13.1 Å². The van der Waals surface area contributed by atoms with Gasteiger partial charge in [-0.25, -0.2) is 9.59 Å². The summed E-state index contributed by atoms with van der Waals surface area (Å²) >= 11 is 0. The van der Waals surface area contributed by atoms with Crippen LogP contribution in [0, 0.1) is 5.41 Å². The van der Waals surface area contributed by atoms with Gasteiger partial charge in [0.2, 0.25) is 0 Å². The number of aromatic carboxylic acids is 1. The Labute approximate surface area is 146 Å². The minimum absolute atomic E-state index is 0.00874. The predicted octanol–water partition coefficient (Wildman–Crippen LogP) is 3.14. The van der Waals surface area contributed by atoms with Crippen LogP contribution < -0.4 is 0 Å². The number of amides is 1. The molecule has 2 aliphatic rings. The number of ketones is 1. The summed E-state index contributed by atoms with van der Waals surface area (Å²) in [5.41, 5.74) is 0.498. The van der Waals surface area contributed by atoms with E-state index in [1.54, 1.807) is 17.0 Å². The molecule has 134 valence electrons. The number of carbonyl (C=O) groups excluding carboxylic acids is 2. The van der Waals surface area contributed by atoms with Crippen molar-refractivity contribution in [2.24, 2.45) is 5.41 Å². The highest BCUT2D eigenvalue weighted by atomic mass is 16.6. The van der Waals surface area contributed by atoms with Crippen LogP contribution in [0.1, 0.15) is 59.9 Å². The van der Waals surface area contributed by atoms with Gasteiger partial charge in [-0.2, -0.15) is 0 Å². The zero-order valence-corrected chi connectivity index (χ0v) is 14.8. The molecule has 6 nitrogen and oxygen atoms in total. The van der Waals surface area contributed by atoms with Gasteiger partial charge in [-0.05, 0) is 57.7 Å². The highest BCUT2D eigenvalue weighted by Gasteiger charge is 2.48. The lowest BCUT2D eigenvalue weighted by Gasteiger charge is -2.38. The molecule has 1 aromatic carbocycles. The van der Waals surface area contributed by atoms with Crippen LogP contribution in [0.5, 0.6) is 0 Å². The van der Waals surface area contributed by atoms with E-state index in [9.17, 15) is 14.4 Å². The maximum atomic E-state index is 12.9. The average molecular weight is 345 g/mol. The minimum atomic E-state index is -1.03. The minimum Gasteiger partial charge on any atom is -0.478 e. The van der Waals surface area contributed by atoms with Gasteiger partial charge in [-0.15, -0.1) is 0 Å². The molecule has 1 N–H and O–H groups in total. The maximum absolute atomic E-state index is 12.9. The lowest BCUT2D eigenvalue weighted by Crippen LogP contribution is -2.47. The summed E-state index contributed by atoms with van der Waals surface area (Å²) < 4.78 is 5.40. The van der Waals surface area contributed by atoms with Crippen molar-refractivity contribution in [3.05, 3.63) is 34.9 Å². The second kappa shape index (κ2) is 5.86. The summed E-state index contributed by atoms with van der Waals surface area (Å²) in [4.78, 5) is 37.9. The van der Waals surface area contributed by atoms with Crippen LogP contribution in [0.3, 0.4) is 0 Å². The van der Waals surface area contributed by atoms with Gasteiger partial charge in [0.1, 0.15) is 5.60 Å². The zero-order chi connectivity index (χ0) is 18.4. The molecule has 6 heteroatoms. The van der Waals surface area contributed by atoms with Crippen LogP contribution in [0.2, 0.25) is 0 Å². The van der Waals surface area contributed by atoms with Crippen molar-refractivity contribution >= 4 is 17.8 Å². The number of ether oxygens (including phenoxy) is 1. The summed E-state index contributed by atoms with van der Waals surface area (Å²) in [7, 11) is 0. The monoisotopic (exact) mass is 345 g/mol. The predicted molar refractivity (Wildman–Crippen MR) is 90.9 cm³/mol. The molecule has 25 heavy (non-hydrogen) atoms. The molecular weight excluding hydrogens is 322 g/mol. The van der Waals surface area contributed by atoms with Crippen LogP contribution in [-0.2, 0) is 11.2 Å². The van der Waals surface area contributed by atoms with Crippen LogP contribution >= 0.6 is 0 Å². The fourth-order valence-corrected chi connectivity index (χ4v) is 3.65. The van der Waals surface area contributed by atoms with E-state index >= 15 is 0 Å². The highest BCUT2D eigenvalue weighted by molar-refractivity contribution is 6.06. The SMILES string of the molecule is CC(C)(C)OC(=O)N1CCC2(CC1)Cc1ccc(C(=O)O)cc1C2=O. The first-order valence-corrected chi connectivity index (χ1v) is 8.50. The molecule has 0 saturated carbocycles. The fraction of sp³-hybridized carbons (Fsp3) is 0.526. The van der Waals surface area contributed by atoms with E-state index in [1.165, 1.54) is 6.07 Å². The molecule has 0 atom stereocenters. The normalized spacial score (nSPS) is 19.0. The van der Waals surface area contributed by atoms with Gasteiger partial charge in [0.15, 0.2) is 5.78 Å². The third-order valence-corrected chi connectivity index (χ3v) is 4.98. The maximum Gasteiger partial charge on any atom is 0.410 e. The smallest absolute Gasteiger partial charge is 0.410 e. The number of nitrogens with zero attached hydrogens (tertiary/aromatic N) is 1. The van der Waals surface area contributed by atoms with Crippen LogP contribution in [-0.4, -0.2) is 46.5 Å². The quantitative estimate of drug-likeness (QED) is 0.845. The molecule has 0 bridgehead atoms. The molecule has 3 rings (SSSR count). The van der Waals surface area contributed by atoms with Gasteiger partial charge in [0.25, 0.3) is 0 Å². The van der Waals surface area contributed by atoms with E-state index in [0.717, 1.165) is 5.56 Å². The van der Waals surface area contributed by atoms with Crippen molar-refractivity contribution in [3.8, 4) is 0 Å². The summed E-state index contributed by atoms with van der Waals surface area (Å²) in [5.74, 6) is -1.02. The number of Topliss-reactive ketones (excluding diaryl/α,β-unsaturated/α-hetero) is 1. The van der Waals surface area contributed by atoms with E-state index < -0.39 is 17.0 Å². The standard InChI is InChI=1S/C19H23NO5/c1-18(2,3)25-17(24)20-8-6-19(7-9-20)11-13-5-4-12(16(22)23)10-14(13)15(19)21/h4-5,10H,6-9,11H2,1-3H3,(H,22,23). The molecule has 1 aliphatic carbocycles. The Hall–Kier alpha value is -2.37. The van der Waals surface area contributed by atoms with Gasteiger partial charge in [0, 0.05) is 24.1 Å². The number of likely N-dealkylation sites (tertiary alicyclic amines) is 1. The van der Waals surface area contributed by atoms with Gasteiger partial charge in [0.05, 0.1) is 5.56 Å². The lowest BCUT2D eigenvalue weighted by molar-refractivity contribution is 0.0113. The lowest BCUT2D eigenvalue weighted by atomic mass is 9.75. The van der Waals surface area contributed by atoms with Crippen molar-refractivity contribution in [1.82, 2.24) is 4.90 Å². The van der Waals surface area contributed by atoms with Crippen molar-refractivity contribution in [1.29, 1.82) is 0 Å². The molecule has 1 spiro atoms. The number of carboxylic acids is 1. The van der Waals surface area contributed by atoms with Gasteiger partial charge in [-0.3, -0.25) is 4.79 Å². The number of hydrogen-bond donors (Lipinski definition) is 1. The average Bonchev–Trinajstić information content (AvgIpc) is 2.78. The number of fused-ring (bicyclic) bond motifs is 1. The molecule has 1 aromatic rings. The van der Waals surface area contributed by atoms with Gasteiger partial charge in [-0.1, -0.05) is 6.07 Å². The largest absolute Gasteiger partial charge is 0.478 e. The third-order valence-electron chi connectivity index (χ3n) is 4.98. The molecule has 1 saturated heterocycles. The van der Waals surface area contributed by atoms with E-state index in [-0.39, 0.29) is 17.4 Å². The third kappa shape index (κ3) is 3.25. The molecule has 0 aromatic heterocycles. The number of benzene rings is 1. The summed E-state index contributed by atoms with van der Waals surface area (Å²) in [6.45, 7) is 6.43. The molecule has 0 unspecified atom stereocenters. The first-order chi connectivity index (χ1) is 11.6. The van der Waals surface area contributed by atoms with E-state index in [1.807, 2.05) is 20.8 Å². The van der Waals surface area contributed by atoms with Crippen LogP contribution in [0.15, 0.2) is 18.2 Å². The second-order valence-corrected chi connectivity index (χ2v) is 7.93. The number of carbonyl (C=O) groups is 3. The van der Waals surface area contributed by atoms with E-state index in [2.05, 4.69) is 0 Å². The van der Waals surface area contributed by atoms with Crippen molar-refractivity contribution in [3.63, 3.8) is 0 Å². The van der Waals surface area contributed by atoms with Crippen LogP contribution in [0.4, 0.5) is 4.79 Å². The Morgan fingerprint density at radius 2 is 1.84 bits per heavy atom. The van der Waals surface area contributed by atoms with Crippen molar-refractivity contribution < 1.29 is 24.2 Å². The second-order valence-electron chi connectivity index (χ2n) is 7.93. The summed E-state index contributed by atoms with van der Waals surface area (Å²) in [6, 6.07) is 4.77. The van der Waals surface area contributed by atoms with Crippen molar-refractivity contribution in [2.45, 2.75) is 45.6 Å². The van der Waals surface area contributed by atoms with Gasteiger partial charge < -0.3 is 14.7 Å². The fourth-order valence-electron chi connectivity index (χ4n) is 3.65. The summed E-state index contributed by atoms with van der Waals surface area (Å²) in [6.07, 6.45) is 1.41. The number of hydrogen-bond acceptors (Lipinski definition) is 4.